The monoisotopic (exact) mass is 396 g/mol. The van der Waals surface area contributed by atoms with Gasteiger partial charge in [-0.15, -0.1) is 0 Å². The summed E-state index contributed by atoms with van der Waals surface area (Å²) in [4.78, 5) is 0. The van der Waals surface area contributed by atoms with Crippen LogP contribution in [0.3, 0.4) is 0 Å². The van der Waals surface area contributed by atoms with Crippen molar-refractivity contribution < 1.29 is 22.0 Å². The van der Waals surface area contributed by atoms with Crippen LogP contribution < -0.4 is 0 Å². The minimum absolute atomic E-state index is 0.0375. The largest absolute Gasteiger partial charge is 0.416 e. The second-order valence-corrected chi connectivity index (χ2v) is 5.90. The third-order valence-corrected chi connectivity index (χ3v) is 4.37. The lowest BCUT2D eigenvalue weighted by Gasteiger charge is -2.12. The van der Waals surface area contributed by atoms with Crippen LogP contribution >= 0.6 is 46.6 Å². The molecule has 0 aliphatic rings. The van der Waals surface area contributed by atoms with Crippen molar-refractivity contribution in [2.45, 2.75) is 11.2 Å². The third kappa shape index (κ3) is 3.29. The van der Waals surface area contributed by atoms with E-state index in [1.165, 1.54) is 0 Å². The fourth-order valence-corrected chi connectivity index (χ4v) is 2.89. The van der Waals surface area contributed by atoms with Gasteiger partial charge in [0.25, 0.3) is 0 Å². The Bertz CT molecular complexity index is 693. The molecule has 2 rings (SSSR count). The summed E-state index contributed by atoms with van der Waals surface area (Å²) >= 11 is 17.9. The lowest BCUT2D eigenvalue weighted by molar-refractivity contribution is -0.137. The van der Waals surface area contributed by atoms with Crippen LogP contribution in [0, 0.1) is 5.82 Å². The lowest BCUT2D eigenvalue weighted by atomic mass is 10.2. The number of rotatable bonds is 3. The Balaban J connectivity index is 2.61. The molecule has 0 amide bonds. The molecule has 22 heavy (non-hydrogen) atoms. The Kier molecular flexibility index (Phi) is 5.16. The number of hydrogen-bond acceptors (Lipinski definition) is 2. The number of alkyl halides is 4. The molecule has 0 unspecified atom stereocenters. The molecule has 0 bridgehead atoms. The molecule has 0 aliphatic carbocycles. The van der Waals surface area contributed by atoms with E-state index in [1.54, 1.807) is 0 Å². The van der Waals surface area contributed by atoms with Crippen molar-refractivity contribution in [1.82, 2.24) is 9.78 Å². The van der Waals surface area contributed by atoms with Gasteiger partial charge < -0.3 is 0 Å². The fourth-order valence-electron chi connectivity index (χ4n) is 1.58. The average Bonchev–Trinajstić information content (AvgIpc) is 2.66. The van der Waals surface area contributed by atoms with Crippen molar-refractivity contribution in [3.63, 3.8) is 0 Å². The standard InChI is InChI=1S/C11H4Cl3F5N2S/c12-5-1-4(11(17,18)19)2-6(16)8(5)21-9(14)7(13)10(20-21)22-3-15/h1-2H,3H2. The van der Waals surface area contributed by atoms with Gasteiger partial charge in [0.1, 0.15) is 21.7 Å². The van der Waals surface area contributed by atoms with E-state index in [9.17, 15) is 22.0 Å². The smallest absolute Gasteiger partial charge is 0.239 e. The molecule has 11 heteroatoms. The molecular weight excluding hydrogens is 394 g/mol. The van der Waals surface area contributed by atoms with Crippen LogP contribution in [0.1, 0.15) is 5.56 Å². The molecule has 0 radical (unpaired) electrons. The molecule has 120 valence electrons. The highest BCUT2D eigenvalue weighted by atomic mass is 35.5. The normalized spacial score (nSPS) is 12.0. The van der Waals surface area contributed by atoms with E-state index in [0.717, 1.165) is 4.68 Å². The number of benzene rings is 1. The Morgan fingerprint density at radius 3 is 2.32 bits per heavy atom. The van der Waals surface area contributed by atoms with Gasteiger partial charge in [-0.3, -0.25) is 0 Å². The quantitative estimate of drug-likeness (QED) is 0.466. The molecule has 1 heterocycles. The molecular formula is C11H4Cl3F5N2S. The van der Waals surface area contributed by atoms with E-state index in [2.05, 4.69) is 5.10 Å². The predicted molar refractivity (Wildman–Crippen MR) is 75.4 cm³/mol. The average molecular weight is 398 g/mol. The van der Waals surface area contributed by atoms with Crippen LogP contribution in [-0.2, 0) is 6.18 Å². The summed E-state index contributed by atoms with van der Waals surface area (Å²) in [5.41, 5.74) is -1.77. The van der Waals surface area contributed by atoms with Gasteiger partial charge in [-0.2, -0.15) is 18.3 Å². The summed E-state index contributed by atoms with van der Waals surface area (Å²) < 4.78 is 64.8. The summed E-state index contributed by atoms with van der Waals surface area (Å²) in [5.74, 6) is -1.29. The Morgan fingerprint density at radius 2 is 1.82 bits per heavy atom. The highest BCUT2D eigenvalue weighted by Gasteiger charge is 2.33. The van der Waals surface area contributed by atoms with Gasteiger partial charge in [-0.05, 0) is 12.1 Å². The summed E-state index contributed by atoms with van der Waals surface area (Å²) in [5, 5.41) is 2.70. The van der Waals surface area contributed by atoms with Crippen molar-refractivity contribution >= 4 is 46.6 Å². The maximum Gasteiger partial charge on any atom is 0.416 e. The van der Waals surface area contributed by atoms with Crippen LogP contribution in [-0.4, -0.2) is 15.8 Å². The first-order valence-corrected chi connectivity index (χ1v) is 7.48. The zero-order chi connectivity index (χ0) is 16.7. The minimum Gasteiger partial charge on any atom is -0.239 e. The number of aromatic nitrogens is 2. The van der Waals surface area contributed by atoms with Crippen molar-refractivity contribution in [2.24, 2.45) is 0 Å². The van der Waals surface area contributed by atoms with Crippen molar-refractivity contribution in [1.29, 1.82) is 0 Å². The number of thioether (sulfide) groups is 1. The van der Waals surface area contributed by atoms with Gasteiger partial charge in [-0.1, -0.05) is 46.6 Å². The maximum atomic E-state index is 14.0. The van der Waals surface area contributed by atoms with Crippen LogP contribution in [0.2, 0.25) is 15.2 Å². The number of nitrogens with zero attached hydrogens (tertiary/aromatic N) is 2. The fraction of sp³-hybridized carbons (Fsp3) is 0.182. The predicted octanol–water partition coefficient (Wildman–Crippen LogP) is 6.01. The molecule has 1 aromatic carbocycles. The maximum absolute atomic E-state index is 14.0. The summed E-state index contributed by atoms with van der Waals surface area (Å²) in [6.45, 7) is 0. The van der Waals surface area contributed by atoms with E-state index in [-0.39, 0.29) is 21.3 Å². The highest BCUT2D eigenvalue weighted by Crippen LogP contribution is 2.39. The molecule has 2 aromatic rings. The lowest BCUT2D eigenvalue weighted by Crippen LogP contribution is -2.08. The van der Waals surface area contributed by atoms with Crippen molar-refractivity contribution in [3.8, 4) is 5.69 Å². The molecule has 0 atom stereocenters. The van der Waals surface area contributed by atoms with E-state index in [1.807, 2.05) is 0 Å². The summed E-state index contributed by atoms with van der Waals surface area (Å²) in [7, 11) is 0. The van der Waals surface area contributed by atoms with Gasteiger partial charge in [-0.25, -0.2) is 13.5 Å². The van der Waals surface area contributed by atoms with E-state index >= 15 is 0 Å². The van der Waals surface area contributed by atoms with Crippen LogP contribution in [0.25, 0.3) is 5.69 Å². The van der Waals surface area contributed by atoms with Gasteiger partial charge in [0.2, 0.25) is 0 Å². The SMILES string of the molecule is FCSc1nn(-c2c(F)cc(C(F)(F)F)cc2Cl)c(Cl)c1Cl. The Labute approximate surface area is 140 Å². The first kappa shape index (κ1) is 17.7. The third-order valence-electron chi connectivity index (χ3n) is 2.49. The van der Waals surface area contributed by atoms with E-state index in [0.29, 0.717) is 17.8 Å². The molecule has 0 aliphatic heterocycles. The molecule has 1 aromatic heterocycles. The second kappa shape index (κ2) is 6.43. The van der Waals surface area contributed by atoms with E-state index in [4.69, 9.17) is 34.8 Å². The van der Waals surface area contributed by atoms with Crippen molar-refractivity contribution in [3.05, 3.63) is 38.7 Å². The van der Waals surface area contributed by atoms with Gasteiger partial charge in [0.05, 0.1) is 10.6 Å². The molecule has 0 saturated heterocycles. The molecule has 2 nitrogen and oxygen atoms in total. The van der Waals surface area contributed by atoms with Crippen LogP contribution in [0.4, 0.5) is 22.0 Å². The topological polar surface area (TPSA) is 17.8 Å². The number of hydrogen-bond donors (Lipinski definition) is 0. The second-order valence-electron chi connectivity index (χ2n) is 3.86. The van der Waals surface area contributed by atoms with Gasteiger partial charge >= 0.3 is 6.18 Å². The first-order chi connectivity index (χ1) is 10.2. The van der Waals surface area contributed by atoms with Crippen molar-refractivity contribution in [2.75, 3.05) is 6.01 Å². The molecule has 0 N–H and O–H groups in total. The number of halogens is 8. The minimum atomic E-state index is -4.76. The molecule has 0 spiro atoms. The zero-order valence-electron chi connectivity index (χ0n) is 10.2. The van der Waals surface area contributed by atoms with Crippen LogP contribution in [0.15, 0.2) is 17.2 Å². The summed E-state index contributed by atoms with van der Waals surface area (Å²) in [6, 6.07) is -0.0702. The van der Waals surface area contributed by atoms with Gasteiger partial charge in [0.15, 0.2) is 11.0 Å². The first-order valence-electron chi connectivity index (χ1n) is 5.36. The summed E-state index contributed by atoms with van der Waals surface area (Å²) in [6.07, 6.45) is -4.76. The van der Waals surface area contributed by atoms with Gasteiger partial charge in [0, 0.05) is 0 Å². The Hall–Kier alpha value is -0.700. The van der Waals surface area contributed by atoms with E-state index < -0.39 is 34.3 Å². The van der Waals surface area contributed by atoms with Crippen LogP contribution in [0.5, 0.6) is 0 Å². The highest BCUT2D eigenvalue weighted by molar-refractivity contribution is 7.99. The molecule has 0 fully saturated rings. The molecule has 0 saturated carbocycles. The zero-order valence-corrected chi connectivity index (χ0v) is 13.3. The Morgan fingerprint density at radius 1 is 1.18 bits per heavy atom.